The maximum atomic E-state index is 14.0. The molecule has 0 aliphatic carbocycles. The van der Waals surface area contributed by atoms with Crippen molar-refractivity contribution in [2.24, 2.45) is 0 Å². The van der Waals surface area contributed by atoms with Crippen molar-refractivity contribution in [1.82, 2.24) is 0 Å². The largest absolute Gasteiger partial charge is 0.322 e. The van der Waals surface area contributed by atoms with Crippen LogP contribution in [0.4, 0.5) is 20.2 Å². The van der Waals surface area contributed by atoms with Gasteiger partial charge in [-0.15, -0.1) is 0 Å². The van der Waals surface area contributed by atoms with Gasteiger partial charge in [-0.25, -0.2) is 8.78 Å². The zero-order valence-corrected chi connectivity index (χ0v) is 15.5. The fourth-order valence-electron chi connectivity index (χ4n) is 3.47. The van der Waals surface area contributed by atoms with E-state index >= 15 is 0 Å². The maximum absolute atomic E-state index is 14.0. The molecule has 3 aromatic rings. The molecule has 4 rings (SSSR count). The Morgan fingerprint density at radius 2 is 1.69 bits per heavy atom. The van der Waals surface area contributed by atoms with Gasteiger partial charge in [0.15, 0.2) is 0 Å². The number of carbonyl (C=O) groups excluding carboxylic acids is 2. The molecular weight excluding hydrogens is 374 g/mol. The molecule has 0 saturated heterocycles. The average Bonchev–Trinajstić information content (AvgIpc) is 2.74. The normalized spacial score (nSPS) is 13.0. The van der Waals surface area contributed by atoms with Crippen molar-refractivity contribution in [2.75, 3.05) is 16.8 Å². The number of carbonyl (C=O) groups is 2. The monoisotopic (exact) mass is 392 g/mol. The first kappa shape index (κ1) is 18.8. The SMILES string of the molecule is O=C(Nc1ccc(F)cc1)c1ccc2c(c1)CCCN2C(=O)c1ccccc1F. The van der Waals surface area contributed by atoms with Crippen LogP contribution >= 0.6 is 0 Å². The highest BCUT2D eigenvalue weighted by molar-refractivity contribution is 6.08. The van der Waals surface area contributed by atoms with Crippen molar-refractivity contribution in [3.05, 3.63) is 95.1 Å². The lowest BCUT2D eigenvalue weighted by Gasteiger charge is -2.30. The highest BCUT2D eigenvalue weighted by Crippen LogP contribution is 2.30. The minimum absolute atomic E-state index is 0.0264. The van der Waals surface area contributed by atoms with E-state index in [9.17, 15) is 18.4 Å². The first-order valence-corrected chi connectivity index (χ1v) is 9.29. The van der Waals surface area contributed by atoms with Gasteiger partial charge in [-0.3, -0.25) is 9.59 Å². The molecule has 0 bridgehead atoms. The van der Waals surface area contributed by atoms with E-state index in [1.54, 1.807) is 35.2 Å². The van der Waals surface area contributed by atoms with Crippen LogP contribution in [0.25, 0.3) is 0 Å². The number of anilines is 2. The Morgan fingerprint density at radius 3 is 2.45 bits per heavy atom. The number of aryl methyl sites for hydroxylation is 1. The van der Waals surface area contributed by atoms with E-state index in [1.807, 2.05) is 0 Å². The molecule has 0 saturated carbocycles. The van der Waals surface area contributed by atoms with Crippen LogP contribution in [-0.2, 0) is 6.42 Å². The summed E-state index contributed by atoms with van der Waals surface area (Å²) in [6.45, 7) is 0.487. The molecule has 1 N–H and O–H groups in total. The smallest absolute Gasteiger partial charge is 0.261 e. The number of halogens is 2. The molecule has 1 heterocycles. The summed E-state index contributed by atoms with van der Waals surface area (Å²) in [5.74, 6) is -1.65. The number of amides is 2. The second-order valence-electron chi connectivity index (χ2n) is 6.84. The molecular formula is C23H18F2N2O2. The molecule has 6 heteroatoms. The van der Waals surface area contributed by atoms with Gasteiger partial charge in [-0.1, -0.05) is 12.1 Å². The third-order valence-corrected chi connectivity index (χ3v) is 4.91. The number of nitrogens with zero attached hydrogens (tertiary/aromatic N) is 1. The second kappa shape index (κ2) is 7.83. The summed E-state index contributed by atoms with van der Waals surface area (Å²) >= 11 is 0. The maximum Gasteiger partial charge on any atom is 0.261 e. The molecule has 0 unspecified atom stereocenters. The summed E-state index contributed by atoms with van der Waals surface area (Å²) in [7, 11) is 0. The highest BCUT2D eigenvalue weighted by atomic mass is 19.1. The van der Waals surface area contributed by atoms with Gasteiger partial charge in [0.2, 0.25) is 0 Å². The summed E-state index contributed by atoms with van der Waals surface area (Å²) in [5, 5.41) is 2.72. The van der Waals surface area contributed by atoms with Gasteiger partial charge in [0.1, 0.15) is 11.6 Å². The molecule has 0 aromatic heterocycles. The standard InChI is InChI=1S/C23H18F2N2O2/c24-17-8-10-18(11-9-17)26-22(28)16-7-12-21-15(14-16)4-3-13-27(21)23(29)19-5-1-2-6-20(19)25/h1-2,5-12,14H,3-4,13H2,(H,26,28). The van der Waals surface area contributed by atoms with E-state index in [0.29, 0.717) is 29.9 Å². The van der Waals surface area contributed by atoms with Crippen molar-refractivity contribution in [3.8, 4) is 0 Å². The van der Waals surface area contributed by atoms with E-state index in [4.69, 9.17) is 0 Å². The first-order chi connectivity index (χ1) is 14.0. The molecule has 2 amide bonds. The van der Waals surface area contributed by atoms with Crippen molar-refractivity contribution in [1.29, 1.82) is 0 Å². The van der Waals surface area contributed by atoms with Gasteiger partial charge >= 0.3 is 0 Å². The summed E-state index contributed by atoms with van der Waals surface area (Å²) in [6.07, 6.45) is 1.43. The summed E-state index contributed by atoms with van der Waals surface area (Å²) in [6, 6.07) is 16.5. The number of hydrogen-bond donors (Lipinski definition) is 1. The molecule has 1 aliphatic rings. The quantitative estimate of drug-likeness (QED) is 0.695. The molecule has 3 aromatic carbocycles. The zero-order valence-electron chi connectivity index (χ0n) is 15.5. The van der Waals surface area contributed by atoms with E-state index in [1.165, 1.54) is 36.4 Å². The van der Waals surface area contributed by atoms with Gasteiger partial charge in [0.25, 0.3) is 11.8 Å². The van der Waals surface area contributed by atoms with Crippen LogP contribution in [0.1, 0.15) is 32.7 Å². The minimum atomic E-state index is -0.556. The lowest BCUT2D eigenvalue weighted by atomic mass is 9.98. The summed E-state index contributed by atoms with van der Waals surface area (Å²) < 4.78 is 27.1. The van der Waals surface area contributed by atoms with E-state index in [-0.39, 0.29) is 17.3 Å². The van der Waals surface area contributed by atoms with Gasteiger partial charge in [0, 0.05) is 23.5 Å². The lowest BCUT2D eigenvalue weighted by molar-refractivity contribution is 0.0980. The van der Waals surface area contributed by atoms with Crippen LogP contribution in [0.2, 0.25) is 0 Å². The molecule has 0 atom stereocenters. The Balaban J connectivity index is 1.58. The van der Waals surface area contributed by atoms with Crippen molar-refractivity contribution in [2.45, 2.75) is 12.8 Å². The molecule has 4 nitrogen and oxygen atoms in total. The number of rotatable bonds is 3. The Morgan fingerprint density at radius 1 is 0.931 bits per heavy atom. The van der Waals surface area contributed by atoms with Crippen LogP contribution in [0.3, 0.4) is 0 Å². The fourth-order valence-corrected chi connectivity index (χ4v) is 3.47. The lowest BCUT2D eigenvalue weighted by Crippen LogP contribution is -2.36. The summed E-state index contributed by atoms with van der Waals surface area (Å²) in [4.78, 5) is 26.9. The van der Waals surface area contributed by atoms with E-state index in [0.717, 1.165) is 12.0 Å². The number of benzene rings is 3. The number of nitrogens with one attached hydrogen (secondary N) is 1. The molecule has 0 spiro atoms. The van der Waals surface area contributed by atoms with Crippen LogP contribution in [0.5, 0.6) is 0 Å². The van der Waals surface area contributed by atoms with Crippen molar-refractivity contribution >= 4 is 23.2 Å². The Bertz CT molecular complexity index is 1080. The van der Waals surface area contributed by atoms with Crippen molar-refractivity contribution in [3.63, 3.8) is 0 Å². The van der Waals surface area contributed by atoms with Crippen LogP contribution in [0, 0.1) is 11.6 Å². The van der Waals surface area contributed by atoms with E-state index < -0.39 is 11.7 Å². The second-order valence-corrected chi connectivity index (χ2v) is 6.84. The van der Waals surface area contributed by atoms with Gasteiger partial charge in [0.05, 0.1) is 5.56 Å². The van der Waals surface area contributed by atoms with Crippen LogP contribution in [-0.4, -0.2) is 18.4 Å². The molecule has 1 aliphatic heterocycles. The molecule has 29 heavy (non-hydrogen) atoms. The van der Waals surface area contributed by atoms with Crippen LogP contribution in [0.15, 0.2) is 66.7 Å². The topological polar surface area (TPSA) is 49.4 Å². The van der Waals surface area contributed by atoms with Gasteiger partial charge < -0.3 is 10.2 Å². The van der Waals surface area contributed by atoms with Gasteiger partial charge in [-0.05, 0) is 73.0 Å². The zero-order chi connectivity index (χ0) is 20.4. The number of hydrogen-bond acceptors (Lipinski definition) is 2. The third kappa shape index (κ3) is 3.87. The molecule has 0 fully saturated rings. The minimum Gasteiger partial charge on any atom is -0.322 e. The first-order valence-electron chi connectivity index (χ1n) is 9.29. The van der Waals surface area contributed by atoms with Crippen LogP contribution < -0.4 is 10.2 Å². The van der Waals surface area contributed by atoms with E-state index in [2.05, 4.69) is 5.32 Å². The average molecular weight is 392 g/mol. The predicted octanol–water partition coefficient (Wildman–Crippen LogP) is 4.81. The molecule has 0 radical (unpaired) electrons. The Kier molecular flexibility index (Phi) is 5.08. The number of fused-ring (bicyclic) bond motifs is 1. The Hall–Kier alpha value is -3.54. The Labute approximate surface area is 166 Å². The third-order valence-electron chi connectivity index (χ3n) is 4.91. The highest BCUT2D eigenvalue weighted by Gasteiger charge is 2.26. The molecule has 146 valence electrons. The summed E-state index contributed by atoms with van der Waals surface area (Å²) in [5.41, 5.74) is 2.49. The van der Waals surface area contributed by atoms with Gasteiger partial charge in [-0.2, -0.15) is 0 Å². The fraction of sp³-hybridized carbons (Fsp3) is 0.130. The van der Waals surface area contributed by atoms with Crippen molar-refractivity contribution < 1.29 is 18.4 Å². The predicted molar refractivity (Wildman–Crippen MR) is 107 cm³/mol.